The van der Waals surface area contributed by atoms with Gasteiger partial charge < -0.3 is 25.4 Å². The molecule has 4 N–H and O–H groups in total. The molecule has 1 aliphatic heterocycles. The van der Waals surface area contributed by atoms with Crippen molar-refractivity contribution in [2.45, 2.75) is 81.9 Å². The predicted molar refractivity (Wildman–Crippen MR) is 195 cm³/mol. The fraction of sp³-hybridized carbons (Fsp3) is 0.486. The van der Waals surface area contributed by atoms with Crippen molar-refractivity contribution >= 4 is 63.5 Å². The van der Waals surface area contributed by atoms with Gasteiger partial charge in [0.1, 0.15) is 29.2 Å². The molecule has 50 heavy (non-hydrogen) atoms. The number of nitrogens with one attached hydrogen (secondary N) is 2. The predicted octanol–water partition coefficient (Wildman–Crippen LogP) is 3.98. The minimum atomic E-state index is -3.82. The van der Waals surface area contributed by atoms with Crippen molar-refractivity contribution in [3.63, 3.8) is 0 Å². The van der Waals surface area contributed by atoms with Crippen LogP contribution in [0.15, 0.2) is 54.6 Å². The van der Waals surface area contributed by atoms with E-state index in [1.54, 1.807) is 7.11 Å². The molecule has 3 amide bonds. The Hall–Kier alpha value is -3.65. The first-order valence-corrected chi connectivity index (χ1v) is 18.1. The number of hydrogen-bond donors (Lipinski definition) is 3. The number of carbonyl (C=O) groups is 3. The maximum atomic E-state index is 14.1. The Morgan fingerprint density at radius 3 is 2.38 bits per heavy atom. The normalized spacial score (nSPS) is 23.3. The molecular weight excluding hydrogens is 705 g/mol. The monoisotopic (exact) mass is 749 g/mol. The van der Waals surface area contributed by atoms with Gasteiger partial charge in [-0.15, -0.1) is 24.8 Å². The largest absolute Gasteiger partial charge is 0.497 e. The third-order valence-electron chi connectivity index (χ3n) is 9.74. The third kappa shape index (κ3) is 7.80. The average Bonchev–Trinajstić information content (AvgIpc) is 4.00. The van der Waals surface area contributed by atoms with Crippen molar-refractivity contribution in [1.82, 2.24) is 19.9 Å². The number of likely N-dealkylation sites (tertiary alicyclic amines) is 1. The number of hydrogen-bond acceptors (Lipinski definition) is 9. The number of methoxy groups -OCH3 is 1. The van der Waals surface area contributed by atoms with Crippen LogP contribution in [0.3, 0.4) is 0 Å². The molecule has 2 aliphatic carbocycles. The lowest BCUT2D eigenvalue weighted by molar-refractivity contribution is -0.141. The van der Waals surface area contributed by atoms with Gasteiger partial charge in [0.15, 0.2) is 0 Å². The van der Waals surface area contributed by atoms with E-state index in [0.717, 1.165) is 10.9 Å². The van der Waals surface area contributed by atoms with Crippen molar-refractivity contribution in [2.24, 2.45) is 17.6 Å². The summed E-state index contributed by atoms with van der Waals surface area (Å²) in [6, 6.07) is 15.2. The first-order chi connectivity index (χ1) is 22.9. The Morgan fingerprint density at radius 2 is 1.78 bits per heavy atom. The van der Waals surface area contributed by atoms with Crippen LogP contribution in [0.4, 0.5) is 0 Å². The van der Waals surface area contributed by atoms with Gasteiger partial charge in [0.2, 0.25) is 21.8 Å². The van der Waals surface area contributed by atoms with Gasteiger partial charge in [-0.05, 0) is 43.2 Å². The van der Waals surface area contributed by atoms with E-state index in [2.05, 4.69) is 10.0 Å². The number of benzene rings is 2. The minimum Gasteiger partial charge on any atom is -0.497 e. The molecule has 1 saturated heterocycles. The van der Waals surface area contributed by atoms with E-state index in [9.17, 15) is 22.8 Å². The van der Waals surface area contributed by atoms with Crippen LogP contribution in [-0.2, 0) is 24.4 Å². The number of sulfonamides is 1. The molecule has 3 aliphatic rings. The molecule has 0 bridgehead atoms. The number of ether oxygens (including phenoxy) is 2. The van der Waals surface area contributed by atoms with Gasteiger partial charge >= 0.3 is 0 Å². The molecule has 1 aromatic heterocycles. The number of aromatic nitrogens is 1. The van der Waals surface area contributed by atoms with Gasteiger partial charge in [-0.3, -0.25) is 19.1 Å². The molecular formula is C35H45Cl2N5O7S. The average molecular weight is 751 g/mol. The second-order valence-corrected chi connectivity index (χ2v) is 15.4. The van der Waals surface area contributed by atoms with E-state index in [1.807, 2.05) is 75.4 Å². The lowest BCUT2D eigenvalue weighted by Crippen LogP contribution is -2.58. The summed E-state index contributed by atoms with van der Waals surface area (Å²) in [5, 5.41) is 3.02. The summed E-state index contributed by atoms with van der Waals surface area (Å²) in [4.78, 5) is 47.4. The van der Waals surface area contributed by atoms with Crippen LogP contribution in [0.2, 0.25) is 0 Å². The van der Waals surface area contributed by atoms with E-state index < -0.39 is 56.7 Å². The first kappa shape index (κ1) is 39.1. The molecule has 2 saturated carbocycles. The fourth-order valence-electron chi connectivity index (χ4n) is 6.48. The molecule has 15 heteroatoms. The lowest BCUT2D eigenvalue weighted by atomic mass is 10.0. The van der Waals surface area contributed by atoms with Crippen molar-refractivity contribution in [3.8, 4) is 22.8 Å². The van der Waals surface area contributed by atoms with Crippen LogP contribution < -0.4 is 25.2 Å². The first-order valence-electron chi connectivity index (χ1n) is 16.5. The number of halogens is 2. The van der Waals surface area contributed by atoms with Crippen molar-refractivity contribution in [2.75, 3.05) is 13.7 Å². The van der Waals surface area contributed by atoms with E-state index in [0.29, 0.717) is 48.4 Å². The molecule has 0 radical (unpaired) electrons. The second-order valence-electron chi connectivity index (χ2n) is 13.5. The van der Waals surface area contributed by atoms with Crippen LogP contribution in [-0.4, -0.2) is 78.7 Å². The summed E-state index contributed by atoms with van der Waals surface area (Å²) in [6.45, 7) is 5.64. The van der Waals surface area contributed by atoms with Gasteiger partial charge in [-0.1, -0.05) is 57.5 Å². The van der Waals surface area contributed by atoms with Crippen molar-refractivity contribution in [3.05, 3.63) is 54.6 Å². The maximum Gasteiger partial charge on any atom is 0.259 e. The summed E-state index contributed by atoms with van der Waals surface area (Å²) in [7, 11) is -2.23. The summed E-state index contributed by atoms with van der Waals surface area (Å²) in [5.41, 5.74) is 7.16. The van der Waals surface area contributed by atoms with Gasteiger partial charge in [0.05, 0.1) is 36.2 Å². The summed E-state index contributed by atoms with van der Waals surface area (Å²) in [6.07, 6.45) is 1.42. The molecule has 6 rings (SSSR count). The van der Waals surface area contributed by atoms with Gasteiger partial charge in [0, 0.05) is 29.5 Å². The Bertz CT molecular complexity index is 1840. The van der Waals surface area contributed by atoms with E-state index in [4.69, 9.17) is 20.2 Å². The zero-order chi connectivity index (χ0) is 34.4. The number of amides is 3. The Kier molecular flexibility index (Phi) is 12.0. The van der Waals surface area contributed by atoms with E-state index >= 15 is 0 Å². The highest BCUT2D eigenvalue weighted by molar-refractivity contribution is 7.91. The molecule has 0 spiro atoms. The van der Waals surface area contributed by atoms with Crippen LogP contribution in [0.1, 0.15) is 52.9 Å². The lowest BCUT2D eigenvalue weighted by Gasteiger charge is -2.29. The Morgan fingerprint density at radius 1 is 1.08 bits per heavy atom. The summed E-state index contributed by atoms with van der Waals surface area (Å²) < 4.78 is 39.5. The second kappa shape index (κ2) is 15.3. The number of rotatable bonds is 12. The van der Waals surface area contributed by atoms with Crippen LogP contribution in [0, 0.1) is 11.8 Å². The molecule has 5 unspecified atom stereocenters. The summed E-state index contributed by atoms with van der Waals surface area (Å²) >= 11 is 0. The molecule has 12 nitrogen and oxygen atoms in total. The Labute approximate surface area is 305 Å². The minimum absolute atomic E-state index is 0. The topological polar surface area (TPSA) is 170 Å². The molecule has 2 heterocycles. The van der Waals surface area contributed by atoms with E-state index in [1.165, 1.54) is 4.90 Å². The zero-order valence-corrected chi connectivity index (χ0v) is 30.9. The van der Waals surface area contributed by atoms with Crippen molar-refractivity contribution < 1.29 is 32.3 Å². The molecule has 2 aromatic carbocycles. The molecule has 3 fully saturated rings. The van der Waals surface area contributed by atoms with Crippen LogP contribution >= 0.6 is 24.8 Å². The Balaban J connectivity index is 0.00000281. The fourth-order valence-corrected chi connectivity index (χ4v) is 7.85. The molecule has 3 aromatic rings. The number of pyridine rings is 1. The number of fused-ring (bicyclic) bond motifs is 1. The zero-order valence-electron chi connectivity index (χ0n) is 28.5. The highest BCUT2D eigenvalue weighted by atomic mass is 35.5. The maximum absolute atomic E-state index is 14.1. The van der Waals surface area contributed by atoms with E-state index in [-0.39, 0.29) is 49.6 Å². The van der Waals surface area contributed by atoms with Crippen molar-refractivity contribution in [1.29, 1.82) is 0 Å². The summed E-state index contributed by atoms with van der Waals surface area (Å²) in [5.74, 6) is -0.935. The molecule has 272 valence electrons. The number of carbonyl (C=O) groups excluding carboxylic acids is 3. The highest BCUT2D eigenvalue weighted by Gasteiger charge is 2.62. The SMILES string of the molecule is CCC1CC1(NC(=O)C1CC(Oc2cc(-c3ccccc3)nc3cc(OC)ccc23)CN1C(=O)C(N)C(C)C)C(=O)NS(=O)(=O)C1CC1.Cl.Cl. The van der Waals surface area contributed by atoms with Gasteiger partial charge in [-0.2, -0.15) is 0 Å². The van der Waals surface area contributed by atoms with Crippen LogP contribution in [0.25, 0.3) is 22.2 Å². The smallest absolute Gasteiger partial charge is 0.259 e. The quantitative estimate of drug-likeness (QED) is 0.248. The van der Waals surface area contributed by atoms with Crippen LogP contribution in [0.5, 0.6) is 11.5 Å². The molecule has 5 atom stereocenters. The number of nitrogens with zero attached hydrogens (tertiary/aromatic N) is 2. The van der Waals surface area contributed by atoms with Gasteiger partial charge in [0.25, 0.3) is 5.91 Å². The van der Waals surface area contributed by atoms with Gasteiger partial charge in [-0.25, -0.2) is 13.4 Å². The third-order valence-corrected chi connectivity index (χ3v) is 11.6. The standard InChI is InChI=1S/C35H43N5O7S.2ClH/c1-5-22-18-35(22,34(43)39-48(44,45)25-12-13-25)38-32(41)29-16-24(19-40(29)33(42)31(36)20(2)3)47-30-17-27(21-9-7-6-8-10-21)37-28-15-23(46-4)11-14-26(28)30;;/h6-11,14-15,17,20,22,24-25,29,31H,5,12-13,16,18-19,36H2,1-4H3,(H,38,41)(H,39,43);2*1H. The highest BCUT2D eigenvalue weighted by Crippen LogP contribution is 2.47. The number of nitrogens with two attached hydrogens (primary N) is 1.